The molecule has 0 unspecified atom stereocenters. The van der Waals surface area contributed by atoms with Crippen LogP contribution in [0.3, 0.4) is 0 Å². The van der Waals surface area contributed by atoms with Gasteiger partial charge in [-0.1, -0.05) is 36.4 Å². The molecule has 0 bridgehead atoms. The summed E-state index contributed by atoms with van der Waals surface area (Å²) in [4.78, 5) is 28.9. The van der Waals surface area contributed by atoms with Crippen molar-refractivity contribution in [1.29, 1.82) is 0 Å². The number of aromatic nitrogens is 1. The van der Waals surface area contributed by atoms with Crippen LogP contribution in [0.1, 0.15) is 21.0 Å². The highest BCUT2D eigenvalue weighted by Gasteiger charge is 2.15. The Morgan fingerprint density at radius 2 is 1.44 bits per heavy atom. The number of nitrogens with zero attached hydrogens (tertiary/aromatic N) is 1. The molecule has 0 fully saturated rings. The van der Waals surface area contributed by atoms with Crippen LogP contribution in [0, 0.1) is 0 Å². The van der Waals surface area contributed by atoms with Gasteiger partial charge in [0.25, 0.3) is 11.8 Å². The fourth-order valence-electron chi connectivity index (χ4n) is 2.66. The lowest BCUT2D eigenvalue weighted by molar-refractivity contribution is 0.0994. The van der Waals surface area contributed by atoms with Crippen molar-refractivity contribution in [3.05, 3.63) is 90.4 Å². The maximum Gasteiger partial charge on any atom is 0.291 e. The van der Waals surface area contributed by atoms with Gasteiger partial charge in [-0.15, -0.1) is 0 Å². The number of hydrogen-bond acceptors (Lipinski definition) is 4. The first-order valence-electron chi connectivity index (χ1n) is 8.32. The Morgan fingerprint density at radius 1 is 0.778 bits per heavy atom. The molecule has 0 saturated heterocycles. The standard InChI is InChI=1S/C21H15N3O3/c25-20(17-10-5-6-12-22-17)23-15-8-2-3-9-16(15)24-21(26)19-13-14-7-1-4-11-18(14)27-19/h1-13H,(H,23,25)(H,24,26). The highest BCUT2D eigenvalue weighted by atomic mass is 16.3. The van der Waals surface area contributed by atoms with Crippen LogP contribution in [-0.2, 0) is 0 Å². The summed E-state index contributed by atoms with van der Waals surface area (Å²) >= 11 is 0. The van der Waals surface area contributed by atoms with Gasteiger partial charge in [0, 0.05) is 11.6 Å². The Morgan fingerprint density at radius 3 is 2.15 bits per heavy atom. The summed E-state index contributed by atoms with van der Waals surface area (Å²) in [5, 5.41) is 6.39. The third-order valence-corrected chi connectivity index (χ3v) is 3.97. The molecule has 0 radical (unpaired) electrons. The normalized spacial score (nSPS) is 10.5. The highest BCUT2D eigenvalue weighted by molar-refractivity contribution is 6.09. The topological polar surface area (TPSA) is 84.2 Å². The van der Waals surface area contributed by atoms with Gasteiger partial charge in [-0.25, -0.2) is 0 Å². The van der Waals surface area contributed by atoms with Gasteiger partial charge in [0.2, 0.25) is 0 Å². The minimum absolute atomic E-state index is 0.196. The Balaban J connectivity index is 1.55. The Hall–Kier alpha value is -3.93. The zero-order chi connectivity index (χ0) is 18.6. The largest absolute Gasteiger partial charge is 0.451 e. The van der Waals surface area contributed by atoms with E-state index in [0.29, 0.717) is 17.0 Å². The number of fused-ring (bicyclic) bond motifs is 1. The summed E-state index contributed by atoms with van der Waals surface area (Å²) in [5.74, 6) is -0.561. The number of rotatable bonds is 4. The second-order valence-corrected chi connectivity index (χ2v) is 5.82. The summed E-state index contributed by atoms with van der Waals surface area (Å²) < 4.78 is 5.58. The van der Waals surface area contributed by atoms with Gasteiger partial charge in [0.15, 0.2) is 5.76 Å². The highest BCUT2D eigenvalue weighted by Crippen LogP contribution is 2.24. The molecule has 4 aromatic rings. The molecule has 6 heteroatoms. The van der Waals surface area contributed by atoms with Crippen LogP contribution >= 0.6 is 0 Å². The first-order valence-corrected chi connectivity index (χ1v) is 8.32. The smallest absolute Gasteiger partial charge is 0.291 e. The molecular formula is C21H15N3O3. The lowest BCUT2D eigenvalue weighted by atomic mass is 10.2. The van der Waals surface area contributed by atoms with E-state index in [1.54, 1.807) is 60.8 Å². The maximum atomic E-state index is 12.6. The number of anilines is 2. The van der Waals surface area contributed by atoms with Crippen molar-refractivity contribution >= 4 is 34.2 Å². The van der Waals surface area contributed by atoms with Gasteiger partial charge < -0.3 is 15.1 Å². The molecule has 0 saturated carbocycles. The Bertz CT molecular complexity index is 1090. The molecule has 0 aliphatic heterocycles. The van der Waals surface area contributed by atoms with Crippen LogP contribution in [0.2, 0.25) is 0 Å². The zero-order valence-corrected chi connectivity index (χ0v) is 14.2. The number of carbonyl (C=O) groups excluding carboxylic acids is 2. The summed E-state index contributed by atoms with van der Waals surface area (Å²) in [6, 6.07) is 21.1. The molecule has 27 heavy (non-hydrogen) atoms. The van der Waals surface area contributed by atoms with Gasteiger partial charge in [0.1, 0.15) is 11.3 Å². The molecule has 2 N–H and O–H groups in total. The minimum Gasteiger partial charge on any atom is -0.451 e. The van der Waals surface area contributed by atoms with E-state index in [1.807, 2.05) is 18.2 Å². The molecule has 6 nitrogen and oxygen atoms in total. The van der Waals surface area contributed by atoms with Crippen molar-refractivity contribution in [2.45, 2.75) is 0 Å². The third-order valence-electron chi connectivity index (χ3n) is 3.97. The van der Waals surface area contributed by atoms with Crippen molar-refractivity contribution in [2.24, 2.45) is 0 Å². The zero-order valence-electron chi connectivity index (χ0n) is 14.2. The fraction of sp³-hybridized carbons (Fsp3) is 0. The second kappa shape index (κ2) is 7.13. The van der Waals surface area contributed by atoms with Crippen molar-refractivity contribution in [3.63, 3.8) is 0 Å². The number of benzene rings is 2. The quantitative estimate of drug-likeness (QED) is 0.569. The number of furan rings is 1. The minimum atomic E-state index is -0.397. The monoisotopic (exact) mass is 357 g/mol. The van der Waals surface area contributed by atoms with E-state index in [2.05, 4.69) is 15.6 Å². The summed E-state index contributed by atoms with van der Waals surface area (Å²) in [7, 11) is 0. The van der Waals surface area contributed by atoms with Crippen molar-refractivity contribution in [3.8, 4) is 0 Å². The SMILES string of the molecule is O=C(Nc1ccccc1NC(=O)c1cc2ccccc2o1)c1ccccn1. The molecule has 4 rings (SSSR count). The number of carbonyl (C=O) groups is 2. The molecule has 132 valence electrons. The maximum absolute atomic E-state index is 12.6. The van der Waals surface area contributed by atoms with E-state index in [0.717, 1.165) is 5.39 Å². The molecule has 2 amide bonds. The van der Waals surface area contributed by atoms with Crippen molar-refractivity contribution in [1.82, 2.24) is 4.98 Å². The fourth-order valence-corrected chi connectivity index (χ4v) is 2.66. The third kappa shape index (κ3) is 3.55. The second-order valence-electron chi connectivity index (χ2n) is 5.82. The van der Waals surface area contributed by atoms with Gasteiger partial charge >= 0.3 is 0 Å². The predicted molar refractivity (Wildman–Crippen MR) is 103 cm³/mol. The van der Waals surface area contributed by atoms with Gasteiger partial charge in [-0.2, -0.15) is 0 Å². The van der Waals surface area contributed by atoms with Crippen molar-refractivity contribution in [2.75, 3.05) is 10.6 Å². The molecule has 0 spiro atoms. The van der Waals surface area contributed by atoms with Crippen LogP contribution in [-0.4, -0.2) is 16.8 Å². The summed E-state index contributed by atoms with van der Waals surface area (Å²) in [6.07, 6.45) is 1.55. The van der Waals surface area contributed by atoms with E-state index in [9.17, 15) is 9.59 Å². The number of nitrogens with one attached hydrogen (secondary N) is 2. The van der Waals surface area contributed by atoms with Crippen LogP contribution in [0.4, 0.5) is 11.4 Å². The summed E-state index contributed by atoms with van der Waals surface area (Å²) in [6.45, 7) is 0. The van der Waals surface area contributed by atoms with Crippen LogP contribution in [0.15, 0.2) is 83.4 Å². The number of pyridine rings is 1. The molecule has 2 aromatic carbocycles. The molecule has 0 atom stereocenters. The van der Waals surface area contributed by atoms with Gasteiger partial charge in [0.05, 0.1) is 11.4 Å². The molecular weight excluding hydrogens is 342 g/mol. The van der Waals surface area contributed by atoms with E-state index < -0.39 is 5.91 Å². The van der Waals surface area contributed by atoms with Crippen LogP contribution in [0.5, 0.6) is 0 Å². The average Bonchev–Trinajstić information content (AvgIpc) is 3.14. The molecule has 2 heterocycles. The first-order chi connectivity index (χ1) is 13.2. The molecule has 0 aliphatic rings. The van der Waals surface area contributed by atoms with E-state index >= 15 is 0 Å². The van der Waals surface area contributed by atoms with E-state index in [1.165, 1.54) is 0 Å². The van der Waals surface area contributed by atoms with Gasteiger partial charge in [-0.05, 0) is 36.4 Å². The van der Waals surface area contributed by atoms with E-state index in [-0.39, 0.29) is 17.4 Å². The van der Waals surface area contributed by atoms with Crippen LogP contribution < -0.4 is 10.6 Å². The molecule has 0 aliphatic carbocycles. The number of para-hydroxylation sites is 3. The lowest BCUT2D eigenvalue weighted by Gasteiger charge is -2.11. The first kappa shape index (κ1) is 16.5. The van der Waals surface area contributed by atoms with Gasteiger partial charge in [-0.3, -0.25) is 14.6 Å². The Kier molecular flexibility index (Phi) is 4.37. The number of hydrogen-bond donors (Lipinski definition) is 2. The Labute approximate surface area is 154 Å². The number of amides is 2. The van der Waals surface area contributed by atoms with Crippen LogP contribution in [0.25, 0.3) is 11.0 Å². The lowest BCUT2D eigenvalue weighted by Crippen LogP contribution is -2.17. The summed E-state index contributed by atoms with van der Waals surface area (Å²) in [5.41, 5.74) is 1.86. The van der Waals surface area contributed by atoms with Crippen molar-refractivity contribution < 1.29 is 14.0 Å². The van der Waals surface area contributed by atoms with E-state index in [4.69, 9.17) is 4.42 Å². The average molecular weight is 357 g/mol. The predicted octanol–water partition coefficient (Wildman–Crippen LogP) is 4.33. The molecule has 2 aromatic heterocycles.